The van der Waals surface area contributed by atoms with Gasteiger partial charge in [-0.25, -0.2) is 0 Å². The molecule has 0 bridgehead atoms. The van der Waals surface area contributed by atoms with Gasteiger partial charge in [-0.15, -0.1) is 0 Å². The van der Waals surface area contributed by atoms with Gasteiger partial charge in [0.15, 0.2) is 11.7 Å². The molecule has 1 aliphatic heterocycles. The fourth-order valence-electron chi connectivity index (χ4n) is 1.67. The molecule has 1 aliphatic rings. The molecule has 17 heavy (non-hydrogen) atoms. The molecule has 4 nitrogen and oxygen atoms in total. The summed E-state index contributed by atoms with van der Waals surface area (Å²) in [6, 6.07) is 7.44. The molecule has 0 saturated heterocycles. The third-order valence-corrected chi connectivity index (χ3v) is 2.71. The number of benzene rings is 1. The molecule has 1 aromatic carbocycles. The van der Waals surface area contributed by atoms with Crippen LogP contribution in [0.4, 0.5) is 5.69 Å². The number of ketones is 1. The molecule has 2 N–H and O–H groups in total. The summed E-state index contributed by atoms with van der Waals surface area (Å²) in [6.07, 6.45) is 0. The van der Waals surface area contributed by atoms with E-state index in [2.05, 4.69) is 22.5 Å². The number of hydrogen-bond donors (Lipinski definition) is 2. The largest absolute Gasteiger partial charge is 0.356 e. The Bertz CT molecular complexity index is 454. The highest BCUT2D eigenvalue weighted by Crippen LogP contribution is 2.11. The van der Waals surface area contributed by atoms with Crippen molar-refractivity contribution in [3.8, 4) is 0 Å². The Morgan fingerprint density at radius 2 is 2.35 bits per heavy atom. The molecule has 1 unspecified atom stereocenters. The topological polar surface area (TPSA) is 53.5 Å². The van der Waals surface area contributed by atoms with Crippen LogP contribution in [0.25, 0.3) is 0 Å². The molecule has 0 fully saturated rings. The second kappa shape index (κ2) is 4.99. The van der Waals surface area contributed by atoms with E-state index in [9.17, 15) is 4.79 Å². The quantitative estimate of drug-likeness (QED) is 0.764. The number of carbonyl (C=O) groups is 1. The molecule has 2 rings (SSSR count). The number of nitrogens with zero attached hydrogens (tertiary/aromatic N) is 1. The smallest absolute Gasteiger partial charge is 0.195 e. The SMILES string of the molecule is CC(=O)c1cccc(NC2=NCC(C)CN2)c1. The van der Waals surface area contributed by atoms with E-state index < -0.39 is 0 Å². The second-order valence-electron chi connectivity index (χ2n) is 4.44. The first-order valence-corrected chi connectivity index (χ1v) is 5.81. The lowest BCUT2D eigenvalue weighted by Gasteiger charge is -2.20. The number of rotatable bonds is 2. The first kappa shape index (κ1) is 11.6. The van der Waals surface area contributed by atoms with Crippen molar-refractivity contribution in [3.63, 3.8) is 0 Å². The van der Waals surface area contributed by atoms with Crippen molar-refractivity contribution < 1.29 is 4.79 Å². The van der Waals surface area contributed by atoms with E-state index in [0.29, 0.717) is 11.5 Å². The van der Waals surface area contributed by atoms with Gasteiger partial charge in [0.1, 0.15) is 0 Å². The van der Waals surface area contributed by atoms with Crippen LogP contribution < -0.4 is 10.6 Å². The van der Waals surface area contributed by atoms with Crippen molar-refractivity contribution in [1.82, 2.24) is 5.32 Å². The Kier molecular flexibility index (Phi) is 3.42. The van der Waals surface area contributed by atoms with Crippen LogP contribution in [0.5, 0.6) is 0 Å². The fraction of sp³-hybridized carbons (Fsp3) is 0.385. The van der Waals surface area contributed by atoms with Crippen molar-refractivity contribution in [3.05, 3.63) is 29.8 Å². The summed E-state index contributed by atoms with van der Waals surface area (Å²) < 4.78 is 0. The minimum Gasteiger partial charge on any atom is -0.356 e. The van der Waals surface area contributed by atoms with Gasteiger partial charge in [0.05, 0.1) is 0 Å². The minimum absolute atomic E-state index is 0.0702. The highest BCUT2D eigenvalue weighted by molar-refractivity contribution is 5.98. The maximum Gasteiger partial charge on any atom is 0.195 e. The van der Waals surface area contributed by atoms with E-state index in [0.717, 1.165) is 24.7 Å². The van der Waals surface area contributed by atoms with Crippen molar-refractivity contribution >= 4 is 17.4 Å². The summed E-state index contributed by atoms with van der Waals surface area (Å²) in [6.45, 7) is 5.49. The maximum atomic E-state index is 11.3. The molecule has 1 heterocycles. The molecule has 90 valence electrons. The lowest BCUT2D eigenvalue weighted by atomic mass is 10.1. The summed E-state index contributed by atoms with van der Waals surface area (Å²) in [5, 5.41) is 6.40. The van der Waals surface area contributed by atoms with E-state index >= 15 is 0 Å². The van der Waals surface area contributed by atoms with E-state index in [1.54, 1.807) is 6.92 Å². The van der Waals surface area contributed by atoms with E-state index in [4.69, 9.17) is 0 Å². The predicted molar refractivity (Wildman–Crippen MR) is 69.5 cm³/mol. The average molecular weight is 231 g/mol. The van der Waals surface area contributed by atoms with Crippen LogP contribution in [0.15, 0.2) is 29.3 Å². The highest BCUT2D eigenvalue weighted by atomic mass is 16.1. The van der Waals surface area contributed by atoms with Crippen molar-refractivity contribution in [2.24, 2.45) is 10.9 Å². The number of nitrogens with one attached hydrogen (secondary N) is 2. The maximum absolute atomic E-state index is 11.3. The Morgan fingerprint density at radius 1 is 1.53 bits per heavy atom. The average Bonchev–Trinajstić information content (AvgIpc) is 2.32. The third-order valence-electron chi connectivity index (χ3n) is 2.71. The number of aliphatic imine (C=N–C) groups is 1. The summed E-state index contributed by atoms with van der Waals surface area (Å²) in [4.78, 5) is 15.6. The minimum atomic E-state index is 0.0702. The van der Waals surface area contributed by atoms with Crippen molar-refractivity contribution in [2.45, 2.75) is 13.8 Å². The van der Waals surface area contributed by atoms with E-state index in [1.165, 1.54) is 0 Å². The Labute approximate surface area is 101 Å². The molecule has 0 aromatic heterocycles. The van der Waals surface area contributed by atoms with Gasteiger partial charge < -0.3 is 10.6 Å². The number of guanidine groups is 1. The van der Waals surface area contributed by atoms with Crippen LogP contribution in [0.3, 0.4) is 0 Å². The molecule has 0 saturated carbocycles. The molecule has 4 heteroatoms. The lowest BCUT2D eigenvalue weighted by molar-refractivity contribution is 0.101. The summed E-state index contributed by atoms with van der Waals surface area (Å²) in [7, 11) is 0. The Morgan fingerprint density at radius 3 is 3.00 bits per heavy atom. The molecule has 0 amide bonds. The Balaban J connectivity index is 2.08. The highest BCUT2D eigenvalue weighted by Gasteiger charge is 2.10. The van der Waals surface area contributed by atoms with Gasteiger partial charge in [0.2, 0.25) is 0 Å². The summed E-state index contributed by atoms with van der Waals surface area (Å²) in [5.74, 6) is 1.42. The molecule has 1 atom stereocenters. The molecule has 0 spiro atoms. The zero-order valence-electron chi connectivity index (χ0n) is 10.2. The number of hydrogen-bond acceptors (Lipinski definition) is 4. The molecule has 0 radical (unpaired) electrons. The van der Waals surface area contributed by atoms with Crippen molar-refractivity contribution in [1.29, 1.82) is 0 Å². The first-order valence-electron chi connectivity index (χ1n) is 5.81. The summed E-state index contributed by atoms with van der Waals surface area (Å²) in [5.41, 5.74) is 1.60. The number of anilines is 1. The zero-order chi connectivity index (χ0) is 12.3. The molecule has 1 aromatic rings. The van der Waals surface area contributed by atoms with Crippen LogP contribution in [-0.2, 0) is 0 Å². The first-order chi connectivity index (χ1) is 8.15. The third kappa shape index (κ3) is 3.06. The number of carbonyl (C=O) groups excluding carboxylic acids is 1. The Hall–Kier alpha value is -1.84. The molecule has 0 aliphatic carbocycles. The van der Waals surface area contributed by atoms with Crippen LogP contribution >= 0.6 is 0 Å². The molecular formula is C13H17N3O. The van der Waals surface area contributed by atoms with Gasteiger partial charge in [0, 0.05) is 24.3 Å². The zero-order valence-corrected chi connectivity index (χ0v) is 10.2. The van der Waals surface area contributed by atoms with Crippen LogP contribution in [0, 0.1) is 5.92 Å². The van der Waals surface area contributed by atoms with Gasteiger partial charge in [-0.3, -0.25) is 9.79 Å². The predicted octanol–water partition coefficient (Wildman–Crippen LogP) is 1.90. The van der Waals surface area contributed by atoms with Gasteiger partial charge in [-0.1, -0.05) is 19.1 Å². The second-order valence-corrected chi connectivity index (χ2v) is 4.44. The summed E-state index contributed by atoms with van der Waals surface area (Å²) >= 11 is 0. The van der Waals surface area contributed by atoms with Gasteiger partial charge >= 0.3 is 0 Å². The van der Waals surface area contributed by atoms with Crippen molar-refractivity contribution in [2.75, 3.05) is 18.4 Å². The van der Waals surface area contributed by atoms with E-state index in [-0.39, 0.29) is 5.78 Å². The lowest BCUT2D eigenvalue weighted by Crippen LogP contribution is -2.39. The van der Waals surface area contributed by atoms with Gasteiger partial charge in [-0.2, -0.15) is 0 Å². The van der Waals surface area contributed by atoms with E-state index in [1.807, 2.05) is 24.3 Å². The molecular weight excluding hydrogens is 214 g/mol. The van der Waals surface area contributed by atoms with Crippen LogP contribution in [0.2, 0.25) is 0 Å². The van der Waals surface area contributed by atoms with Crippen LogP contribution in [0.1, 0.15) is 24.2 Å². The standard InChI is InChI=1S/C13H17N3O/c1-9-7-14-13(15-8-9)16-12-5-3-4-11(6-12)10(2)17/h3-6,9H,7-8H2,1-2H3,(H2,14,15,16). The fourth-order valence-corrected chi connectivity index (χ4v) is 1.67. The number of Topliss-reactive ketones (excluding diaryl/α,β-unsaturated/α-hetero) is 1. The monoisotopic (exact) mass is 231 g/mol. The van der Waals surface area contributed by atoms with Gasteiger partial charge in [-0.05, 0) is 25.0 Å². The normalized spacial score (nSPS) is 19.2. The van der Waals surface area contributed by atoms with Crippen LogP contribution in [-0.4, -0.2) is 24.8 Å². The van der Waals surface area contributed by atoms with Gasteiger partial charge in [0.25, 0.3) is 0 Å².